The SMILES string of the molecule is O=C(O)COC[C@@H](O)[C@@H](O)/C=C/C=C/C#C/C=C/[C@@H](O)COc1ccc(F)cc1.[KH]. The Balaban J connectivity index is 0.00000841. The van der Waals surface area contributed by atoms with Gasteiger partial charge in [-0.2, -0.15) is 0 Å². The van der Waals surface area contributed by atoms with E-state index in [0.29, 0.717) is 5.75 Å². The summed E-state index contributed by atoms with van der Waals surface area (Å²) in [6.45, 7) is -0.859. The first-order valence-electron chi connectivity index (χ1n) is 8.61. The van der Waals surface area contributed by atoms with Crippen LogP contribution in [0.2, 0.25) is 0 Å². The summed E-state index contributed by atoms with van der Waals surface area (Å²) in [5.41, 5.74) is 0. The van der Waals surface area contributed by atoms with Crippen molar-refractivity contribution in [2.45, 2.75) is 18.3 Å². The van der Waals surface area contributed by atoms with E-state index in [4.69, 9.17) is 9.84 Å². The Morgan fingerprint density at radius 2 is 1.70 bits per heavy atom. The van der Waals surface area contributed by atoms with Crippen molar-refractivity contribution >= 4 is 57.4 Å². The molecule has 158 valence electrons. The summed E-state index contributed by atoms with van der Waals surface area (Å²) >= 11 is 0. The molecule has 1 aromatic carbocycles. The third-order valence-electron chi connectivity index (χ3n) is 3.23. The van der Waals surface area contributed by atoms with E-state index in [1.807, 2.05) is 0 Å². The Kier molecular flexibility index (Phi) is 16.6. The Hall–Kier alpha value is -1.32. The van der Waals surface area contributed by atoms with E-state index in [1.165, 1.54) is 60.7 Å². The third-order valence-corrected chi connectivity index (χ3v) is 3.23. The van der Waals surface area contributed by atoms with Gasteiger partial charge >= 0.3 is 57.4 Å². The second-order valence-electron chi connectivity index (χ2n) is 5.69. The number of hydrogen-bond donors (Lipinski definition) is 4. The second-order valence-corrected chi connectivity index (χ2v) is 5.69. The molecule has 0 fully saturated rings. The Labute approximate surface area is 216 Å². The fraction of sp³-hybridized carbons (Fsp3) is 0.286. The van der Waals surface area contributed by atoms with Crippen LogP contribution >= 0.6 is 0 Å². The fourth-order valence-electron chi connectivity index (χ4n) is 1.80. The third kappa shape index (κ3) is 14.6. The predicted octanol–water partition coefficient (Wildman–Crippen LogP) is 0.412. The number of carbonyl (C=O) groups is 1. The molecule has 0 unspecified atom stereocenters. The standard InChI is InChI=1S/C21H23FO7.K.H/c22-16-9-11-18(12-10-16)29-13-17(23)7-5-3-1-2-4-6-8-19(24)20(25)14-28-15-21(26)27;;/h2,4-12,17,19-20,23-25H,13-15H2,(H,26,27);;/b4-2+,7-5+,8-6+;;/t17-,19+,20-;;/m1../s1. The number of carboxylic acids is 1. The number of aliphatic hydroxyl groups excluding tert-OH is 3. The number of hydrogen-bond acceptors (Lipinski definition) is 6. The predicted molar refractivity (Wildman–Crippen MR) is 111 cm³/mol. The minimum absolute atomic E-state index is 0. The van der Waals surface area contributed by atoms with Crippen LogP contribution in [-0.2, 0) is 9.53 Å². The first kappa shape index (κ1) is 28.7. The quantitative estimate of drug-likeness (QED) is 0.221. The average Bonchev–Trinajstić information content (AvgIpc) is 2.69. The zero-order chi connectivity index (χ0) is 21.5. The maximum atomic E-state index is 12.8. The van der Waals surface area contributed by atoms with E-state index in [1.54, 1.807) is 0 Å². The van der Waals surface area contributed by atoms with Crippen LogP contribution in [0.4, 0.5) is 4.39 Å². The molecular formula is C21H24FKO7. The molecule has 0 bridgehead atoms. The molecule has 0 saturated carbocycles. The van der Waals surface area contributed by atoms with Crippen molar-refractivity contribution in [1.29, 1.82) is 0 Å². The van der Waals surface area contributed by atoms with Crippen LogP contribution in [-0.4, -0.2) is 116 Å². The number of benzene rings is 1. The minimum atomic E-state index is -1.24. The monoisotopic (exact) mass is 446 g/mol. The molecule has 0 amide bonds. The summed E-state index contributed by atoms with van der Waals surface area (Å²) in [5, 5.41) is 37.3. The van der Waals surface area contributed by atoms with Gasteiger partial charge in [0.2, 0.25) is 0 Å². The zero-order valence-electron chi connectivity index (χ0n) is 15.5. The van der Waals surface area contributed by atoms with Gasteiger partial charge < -0.3 is 29.9 Å². The van der Waals surface area contributed by atoms with Crippen LogP contribution in [0.5, 0.6) is 5.75 Å². The topological polar surface area (TPSA) is 116 Å². The number of allylic oxidation sites excluding steroid dienone is 4. The normalized spacial score (nSPS) is 14.1. The Morgan fingerprint density at radius 3 is 2.37 bits per heavy atom. The number of rotatable bonds is 11. The van der Waals surface area contributed by atoms with Crippen molar-refractivity contribution in [3.05, 3.63) is 66.5 Å². The van der Waals surface area contributed by atoms with E-state index in [-0.39, 0.29) is 70.4 Å². The van der Waals surface area contributed by atoms with E-state index >= 15 is 0 Å². The van der Waals surface area contributed by atoms with Gasteiger partial charge in [0.05, 0.1) is 6.61 Å². The van der Waals surface area contributed by atoms with Gasteiger partial charge in [0, 0.05) is 0 Å². The summed E-state index contributed by atoms with van der Waals surface area (Å²) in [4.78, 5) is 10.3. The van der Waals surface area contributed by atoms with E-state index in [2.05, 4.69) is 16.6 Å². The summed E-state index contributed by atoms with van der Waals surface area (Å²) in [7, 11) is 0. The molecule has 0 spiro atoms. The van der Waals surface area contributed by atoms with E-state index < -0.39 is 30.9 Å². The van der Waals surface area contributed by atoms with Crippen LogP contribution in [0.15, 0.2) is 60.7 Å². The zero-order valence-corrected chi connectivity index (χ0v) is 15.5. The van der Waals surface area contributed by atoms with Crippen LogP contribution in [0, 0.1) is 17.7 Å². The second kappa shape index (κ2) is 17.4. The van der Waals surface area contributed by atoms with Crippen LogP contribution < -0.4 is 4.74 Å². The molecule has 0 heterocycles. The van der Waals surface area contributed by atoms with Gasteiger partial charge in [0.1, 0.15) is 43.1 Å². The first-order chi connectivity index (χ1) is 13.9. The van der Waals surface area contributed by atoms with E-state index in [9.17, 15) is 24.5 Å². The summed E-state index contributed by atoms with van der Waals surface area (Å²) < 4.78 is 22.7. The number of aliphatic hydroxyl groups is 3. The van der Waals surface area contributed by atoms with Crippen molar-refractivity contribution in [1.82, 2.24) is 0 Å². The molecule has 0 saturated heterocycles. The molecule has 0 aliphatic heterocycles. The number of ether oxygens (including phenoxy) is 2. The summed E-state index contributed by atoms with van der Waals surface area (Å²) in [6, 6.07) is 5.44. The van der Waals surface area contributed by atoms with Crippen molar-refractivity contribution in [2.75, 3.05) is 19.8 Å². The van der Waals surface area contributed by atoms with Gasteiger partial charge in [-0.15, -0.1) is 0 Å². The van der Waals surface area contributed by atoms with Crippen molar-refractivity contribution in [2.24, 2.45) is 0 Å². The molecule has 0 radical (unpaired) electrons. The molecule has 30 heavy (non-hydrogen) atoms. The Bertz CT molecular complexity index is 766. The van der Waals surface area contributed by atoms with E-state index in [0.717, 1.165) is 0 Å². The molecule has 0 aliphatic carbocycles. The van der Waals surface area contributed by atoms with Gasteiger partial charge in [-0.25, -0.2) is 9.18 Å². The van der Waals surface area contributed by atoms with Gasteiger partial charge in [-0.3, -0.25) is 0 Å². The average molecular weight is 447 g/mol. The van der Waals surface area contributed by atoms with Crippen molar-refractivity contribution in [3.63, 3.8) is 0 Å². The molecule has 9 heteroatoms. The van der Waals surface area contributed by atoms with Crippen LogP contribution in [0.25, 0.3) is 0 Å². The fourth-order valence-corrected chi connectivity index (χ4v) is 1.80. The van der Waals surface area contributed by atoms with Crippen molar-refractivity contribution < 1.29 is 39.1 Å². The van der Waals surface area contributed by atoms with Crippen molar-refractivity contribution in [3.8, 4) is 17.6 Å². The first-order valence-corrected chi connectivity index (χ1v) is 8.61. The number of carboxylic acid groups (broad SMARTS) is 1. The summed E-state index contributed by atoms with van der Waals surface area (Å²) in [5.74, 6) is 4.26. The van der Waals surface area contributed by atoms with Gasteiger partial charge in [0.15, 0.2) is 0 Å². The molecule has 3 atom stereocenters. The van der Waals surface area contributed by atoms with Crippen LogP contribution in [0.1, 0.15) is 0 Å². The molecular weight excluding hydrogens is 422 g/mol. The number of halogens is 1. The number of aliphatic carboxylic acids is 1. The molecule has 4 N–H and O–H groups in total. The molecule has 0 aliphatic rings. The molecule has 1 rings (SSSR count). The summed E-state index contributed by atoms with van der Waals surface area (Å²) in [6.07, 6.45) is 5.35. The molecule has 1 aromatic rings. The Morgan fingerprint density at radius 1 is 1.03 bits per heavy atom. The van der Waals surface area contributed by atoms with Gasteiger partial charge in [-0.1, -0.05) is 30.1 Å². The van der Waals surface area contributed by atoms with Gasteiger partial charge in [0.25, 0.3) is 0 Å². The van der Waals surface area contributed by atoms with Crippen LogP contribution in [0.3, 0.4) is 0 Å². The molecule has 0 aromatic heterocycles. The maximum absolute atomic E-state index is 12.8. The molecule has 7 nitrogen and oxygen atoms in total. The van der Waals surface area contributed by atoms with Gasteiger partial charge in [-0.05, 0) is 42.5 Å².